The SMILES string of the molecule is Clc1cccc(Nc2ccc3nnc(CCc4cccnc4)n3n2)c1. The predicted molar refractivity (Wildman–Crippen MR) is 97.2 cm³/mol. The van der Waals surface area contributed by atoms with E-state index >= 15 is 0 Å². The molecule has 0 bridgehead atoms. The number of anilines is 2. The average Bonchev–Trinajstić information content (AvgIpc) is 3.03. The molecule has 1 aromatic carbocycles. The van der Waals surface area contributed by atoms with Gasteiger partial charge in [0.1, 0.15) is 0 Å². The van der Waals surface area contributed by atoms with Crippen LogP contribution in [0.2, 0.25) is 5.02 Å². The maximum Gasteiger partial charge on any atom is 0.178 e. The predicted octanol–water partition coefficient (Wildman–Crippen LogP) is 3.70. The molecule has 6 nitrogen and oxygen atoms in total. The second-order valence-corrected chi connectivity index (χ2v) is 6.04. The van der Waals surface area contributed by atoms with Gasteiger partial charge in [0.25, 0.3) is 0 Å². The van der Waals surface area contributed by atoms with Crippen LogP contribution < -0.4 is 5.32 Å². The molecule has 0 aliphatic heterocycles. The molecule has 0 saturated heterocycles. The summed E-state index contributed by atoms with van der Waals surface area (Å²) in [7, 11) is 0. The second-order valence-electron chi connectivity index (χ2n) is 5.60. The lowest BCUT2D eigenvalue weighted by atomic mass is 10.1. The summed E-state index contributed by atoms with van der Waals surface area (Å²) < 4.78 is 1.77. The number of hydrogen-bond acceptors (Lipinski definition) is 5. The Kier molecular flexibility index (Phi) is 4.26. The molecule has 0 radical (unpaired) electrons. The third-order valence-electron chi connectivity index (χ3n) is 3.78. The standard InChI is InChI=1S/C18H15ClN6/c19-14-4-1-5-15(11-14)21-16-7-9-18-23-22-17(25(18)24-16)8-6-13-3-2-10-20-12-13/h1-5,7,9-12H,6,8H2,(H,21,24). The van der Waals surface area contributed by atoms with Gasteiger partial charge in [-0.05, 0) is 48.4 Å². The molecule has 0 saturated carbocycles. The highest BCUT2D eigenvalue weighted by Crippen LogP contribution is 2.19. The highest BCUT2D eigenvalue weighted by Gasteiger charge is 2.08. The minimum absolute atomic E-state index is 0.674. The Hall–Kier alpha value is -2.99. The van der Waals surface area contributed by atoms with Gasteiger partial charge in [0.2, 0.25) is 0 Å². The van der Waals surface area contributed by atoms with Crippen LogP contribution in [0.1, 0.15) is 11.4 Å². The highest BCUT2D eigenvalue weighted by atomic mass is 35.5. The molecule has 25 heavy (non-hydrogen) atoms. The summed E-state index contributed by atoms with van der Waals surface area (Å²) in [6, 6.07) is 15.3. The van der Waals surface area contributed by atoms with Crippen LogP contribution in [0.3, 0.4) is 0 Å². The minimum Gasteiger partial charge on any atom is -0.339 e. The van der Waals surface area contributed by atoms with Gasteiger partial charge in [0.05, 0.1) is 0 Å². The highest BCUT2D eigenvalue weighted by molar-refractivity contribution is 6.30. The van der Waals surface area contributed by atoms with E-state index in [2.05, 4.69) is 31.7 Å². The van der Waals surface area contributed by atoms with Gasteiger partial charge in [-0.3, -0.25) is 4.98 Å². The zero-order chi connectivity index (χ0) is 17.1. The van der Waals surface area contributed by atoms with Gasteiger partial charge in [-0.2, -0.15) is 4.52 Å². The van der Waals surface area contributed by atoms with Crippen molar-refractivity contribution >= 4 is 28.8 Å². The summed E-state index contributed by atoms with van der Waals surface area (Å²) in [5.41, 5.74) is 2.76. The molecule has 1 N–H and O–H groups in total. The number of hydrogen-bond donors (Lipinski definition) is 1. The van der Waals surface area contributed by atoms with Crippen LogP contribution in [-0.2, 0) is 12.8 Å². The molecule has 0 fully saturated rings. The first-order valence-electron chi connectivity index (χ1n) is 7.91. The maximum absolute atomic E-state index is 6.02. The van der Waals surface area contributed by atoms with Crippen LogP contribution in [0.25, 0.3) is 5.65 Å². The molecule has 7 heteroatoms. The summed E-state index contributed by atoms with van der Waals surface area (Å²) >= 11 is 6.02. The fourth-order valence-electron chi connectivity index (χ4n) is 2.57. The molecular weight excluding hydrogens is 336 g/mol. The van der Waals surface area contributed by atoms with Gasteiger partial charge < -0.3 is 5.32 Å². The molecule has 0 spiro atoms. The molecule has 0 atom stereocenters. The van der Waals surface area contributed by atoms with E-state index < -0.39 is 0 Å². The van der Waals surface area contributed by atoms with E-state index in [9.17, 15) is 0 Å². The zero-order valence-corrected chi connectivity index (χ0v) is 14.1. The van der Waals surface area contributed by atoms with E-state index in [4.69, 9.17) is 11.6 Å². The number of pyridine rings is 1. The third-order valence-corrected chi connectivity index (χ3v) is 4.02. The maximum atomic E-state index is 6.02. The van der Waals surface area contributed by atoms with Crippen LogP contribution in [0.15, 0.2) is 60.9 Å². The molecule has 124 valence electrons. The number of nitrogens with zero attached hydrogens (tertiary/aromatic N) is 5. The zero-order valence-electron chi connectivity index (χ0n) is 13.3. The fraction of sp³-hybridized carbons (Fsp3) is 0.111. The monoisotopic (exact) mass is 350 g/mol. The normalized spacial score (nSPS) is 10.9. The van der Waals surface area contributed by atoms with Crippen molar-refractivity contribution in [1.29, 1.82) is 0 Å². The minimum atomic E-state index is 0.674. The van der Waals surface area contributed by atoms with Gasteiger partial charge in [-0.15, -0.1) is 15.3 Å². The quantitative estimate of drug-likeness (QED) is 0.594. The average molecular weight is 351 g/mol. The summed E-state index contributed by atoms with van der Waals surface area (Å²) in [6.07, 6.45) is 5.21. The molecule has 3 heterocycles. The molecule has 0 unspecified atom stereocenters. The number of nitrogens with one attached hydrogen (secondary N) is 1. The van der Waals surface area contributed by atoms with E-state index in [1.165, 1.54) is 0 Å². The summed E-state index contributed by atoms with van der Waals surface area (Å²) in [6.45, 7) is 0. The number of halogens is 1. The van der Waals surface area contributed by atoms with E-state index in [0.717, 1.165) is 35.6 Å². The van der Waals surface area contributed by atoms with Crippen molar-refractivity contribution in [3.63, 3.8) is 0 Å². The van der Waals surface area contributed by atoms with E-state index in [1.807, 2.05) is 48.7 Å². The molecule has 0 amide bonds. The van der Waals surface area contributed by atoms with Crippen molar-refractivity contribution in [1.82, 2.24) is 24.8 Å². The Morgan fingerprint density at radius 2 is 1.96 bits per heavy atom. The first kappa shape index (κ1) is 15.5. The third kappa shape index (κ3) is 3.59. The van der Waals surface area contributed by atoms with Crippen LogP contribution in [0.4, 0.5) is 11.5 Å². The van der Waals surface area contributed by atoms with Crippen molar-refractivity contribution in [3.8, 4) is 0 Å². The Balaban J connectivity index is 1.57. The van der Waals surface area contributed by atoms with E-state index in [0.29, 0.717) is 10.8 Å². The summed E-state index contributed by atoms with van der Waals surface area (Å²) in [4.78, 5) is 4.14. The molecule has 0 aliphatic carbocycles. The van der Waals surface area contributed by atoms with Crippen molar-refractivity contribution in [2.45, 2.75) is 12.8 Å². The van der Waals surface area contributed by atoms with E-state index in [-0.39, 0.29) is 0 Å². The number of aryl methyl sites for hydroxylation is 2. The molecule has 0 aliphatic rings. The van der Waals surface area contributed by atoms with Crippen LogP contribution in [0.5, 0.6) is 0 Å². The van der Waals surface area contributed by atoms with Crippen LogP contribution in [0, 0.1) is 0 Å². The first-order valence-corrected chi connectivity index (χ1v) is 8.28. The Bertz CT molecular complexity index is 999. The molecule has 4 aromatic rings. The summed E-state index contributed by atoms with van der Waals surface area (Å²) in [5.74, 6) is 1.52. The van der Waals surface area contributed by atoms with Crippen molar-refractivity contribution in [2.75, 3.05) is 5.32 Å². The topological polar surface area (TPSA) is 68.0 Å². The number of aromatic nitrogens is 5. The molecule has 3 aromatic heterocycles. The second kappa shape index (κ2) is 6.86. The first-order chi connectivity index (χ1) is 12.3. The number of fused-ring (bicyclic) bond motifs is 1. The van der Waals surface area contributed by atoms with Gasteiger partial charge in [0, 0.05) is 29.5 Å². The van der Waals surface area contributed by atoms with Gasteiger partial charge >= 0.3 is 0 Å². The fourth-order valence-corrected chi connectivity index (χ4v) is 2.76. The van der Waals surface area contributed by atoms with Crippen molar-refractivity contribution in [3.05, 3.63) is 77.3 Å². The number of rotatable bonds is 5. The largest absolute Gasteiger partial charge is 0.339 e. The lowest BCUT2D eigenvalue weighted by Gasteiger charge is -2.06. The Labute approximate surface area is 149 Å². The van der Waals surface area contributed by atoms with Crippen LogP contribution >= 0.6 is 11.6 Å². The van der Waals surface area contributed by atoms with Crippen molar-refractivity contribution < 1.29 is 0 Å². The molecule has 4 rings (SSSR count). The summed E-state index contributed by atoms with van der Waals surface area (Å²) in [5, 5.41) is 16.9. The van der Waals surface area contributed by atoms with Gasteiger partial charge in [0.15, 0.2) is 17.3 Å². The van der Waals surface area contributed by atoms with E-state index in [1.54, 1.807) is 10.7 Å². The Morgan fingerprint density at radius 3 is 2.80 bits per heavy atom. The Morgan fingerprint density at radius 1 is 1.00 bits per heavy atom. The van der Waals surface area contributed by atoms with Crippen molar-refractivity contribution in [2.24, 2.45) is 0 Å². The molecular formula is C18H15ClN6. The lowest BCUT2D eigenvalue weighted by Crippen LogP contribution is -2.04. The van der Waals surface area contributed by atoms with Gasteiger partial charge in [-0.1, -0.05) is 23.7 Å². The van der Waals surface area contributed by atoms with Crippen LogP contribution in [-0.4, -0.2) is 24.8 Å². The lowest BCUT2D eigenvalue weighted by molar-refractivity contribution is 0.784. The smallest absolute Gasteiger partial charge is 0.178 e. The van der Waals surface area contributed by atoms with Gasteiger partial charge in [-0.25, -0.2) is 0 Å². The number of benzene rings is 1.